The van der Waals surface area contributed by atoms with Crippen LogP contribution in [0.2, 0.25) is 0 Å². The molecule has 1 aromatic heterocycles. The van der Waals surface area contributed by atoms with Gasteiger partial charge in [-0.25, -0.2) is 4.39 Å². The third-order valence-corrected chi connectivity index (χ3v) is 4.64. The molecule has 3 rings (SSSR count). The van der Waals surface area contributed by atoms with Gasteiger partial charge in [0.05, 0.1) is 12.6 Å². The van der Waals surface area contributed by atoms with Crippen molar-refractivity contribution in [3.8, 4) is 0 Å². The van der Waals surface area contributed by atoms with Crippen molar-refractivity contribution in [1.82, 2.24) is 20.4 Å². The zero-order chi connectivity index (χ0) is 20.1. The highest BCUT2D eigenvalue weighted by atomic mass is 19.1. The normalized spacial score (nSPS) is 20.6. The molecule has 0 radical (unpaired) electrons. The van der Waals surface area contributed by atoms with Gasteiger partial charge in [0.25, 0.3) is 0 Å². The predicted molar refractivity (Wildman–Crippen MR) is 105 cm³/mol. The monoisotopic (exact) mass is 389 g/mol. The summed E-state index contributed by atoms with van der Waals surface area (Å²) in [5, 5.41) is 7.35. The number of rotatable bonds is 5. The van der Waals surface area contributed by atoms with E-state index < -0.39 is 0 Å². The lowest BCUT2D eigenvalue weighted by molar-refractivity contribution is -0.0605. The minimum absolute atomic E-state index is 0.0342. The first kappa shape index (κ1) is 20.3. The Bertz CT molecular complexity index is 790. The number of ether oxygens (including phenoxy) is 1. The number of aliphatic imine (C=N–C) groups is 1. The first-order chi connectivity index (χ1) is 13.5. The maximum Gasteiger partial charge on any atom is 0.228 e. The molecule has 7 nitrogen and oxygen atoms in total. The zero-order valence-electron chi connectivity index (χ0n) is 16.9. The molecule has 2 unspecified atom stereocenters. The van der Waals surface area contributed by atoms with Gasteiger partial charge in [-0.15, -0.1) is 0 Å². The number of guanidine groups is 1. The number of aromatic nitrogens is 2. The molecule has 1 aliphatic rings. The van der Waals surface area contributed by atoms with Gasteiger partial charge >= 0.3 is 0 Å². The summed E-state index contributed by atoms with van der Waals surface area (Å²) in [4.78, 5) is 11.0. The summed E-state index contributed by atoms with van der Waals surface area (Å²) >= 11 is 0. The van der Waals surface area contributed by atoms with E-state index in [1.807, 2.05) is 20.8 Å². The second-order valence-corrected chi connectivity index (χ2v) is 7.32. The number of halogens is 1. The smallest absolute Gasteiger partial charge is 0.228 e. The minimum Gasteiger partial charge on any atom is -0.367 e. The van der Waals surface area contributed by atoms with Gasteiger partial charge in [-0.3, -0.25) is 4.99 Å². The molecular weight excluding hydrogens is 361 g/mol. The van der Waals surface area contributed by atoms with Crippen LogP contribution in [0, 0.1) is 5.82 Å². The molecule has 2 heterocycles. The third-order valence-electron chi connectivity index (χ3n) is 4.64. The second kappa shape index (κ2) is 9.14. The van der Waals surface area contributed by atoms with Gasteiger partial charge in [0.2, 0.25) is 5.89 Å². The molecule has 2 aromatic rings. The fourth-order valence-corrected chi connectivity index (χ4v) is 3.20. The molecule has 0 amide bonds. The maximum absolute atomic E-state index is 13.2. The summed E-state index contributed by atoms with van der Waals surface area (Å²) < 4.78 is 24.6. The Morgan fingerprint density at radius 3 is 2.71 bits per heavy atom. The lowest BCUT2D eigenvalue weighted by Crippen LogP contribution is -2.51. The maximum atomic E-state index is 13.2. The summed E-state index contributed by atoms with van der Waals surface area (Å²) in [5.74, 6) is 2.14. The molecule has 1 aromatic carbocycles. The van der Waals surface area contributed by atoms with E-state index in [4.69, 9.17) is 9.26 Å². The SMILES string of the molecule is CN=C(NCCc1nc(C(C)C)no1)N1CC(C)OC(c2ccc(F)cc2)C1. The van der Waals surface area contributed by atoms with Crippen molar-refractivity contribution in [3.05, 3.63) is 47.4 Å². The Hall–Kier alpha value is -2.48. The highest BCUT2D eigenvalue weighted by Gasteiger charge is 2.28. The van der Waals surface area contributed by atoms with Crippen LogP contribution in [0.15, 0.2) is 33.8 Å². The summed E-state index contributed by atoms with van der Waals surface area (Å²) in [5.41, 5.74) is 0.959. The summed E-state index contributed by atoms with van der Waals surface area (Å²) in [7, 11) is 1.76. The van der Waals surface area contributed by atoms with Crippen molar-refractivity contribution < 1.29 is 13.7 Å². The lowest BCUT2D eigenvalue weighted by Gasteiger charge is -2.38. The zero-order valence-corrected chi connectivity index (χ0v) is 16.9. The molecule has 0 aliphatic carbocycles. The van der Waals surface area contributed by atoms with Crippen LogP contribution >= 0.6 is 0 Å². The fourth-order valence-electron chi connectivity index (χ4n) is 3.20. The van der Waals surface area contributed by atoms with Crippen LogP contribution in [0.4, 0.5) is 4.39 Å². The van der Waals surface area contributed by atoms with Gasteiger partial charge in [0, 0.05) is 32.5 Å². The highest BCUT2D eigenvalue weighted by molar-refractivity contribution is 5.80. The van der Waals surface area contributed by atoms with Crippen molar-refractivity contribution >= 4 is 5.96 Å². The van der Waals surface area contributed by atoms with Gasteiger partial charge in [-0.05, 0) is 24.6 Å². The molecule has 1 saturated heterocycles. The Morgan fingerprint density at radius 1 is 1.32 bits per heavy atom. The molecule has 0 bridgehead atoms. The molecule has 1 aliphatic heterocycles. The van der Waals surface area contributed by atoms with Crippen LogP contribution in [0.5, 0.6) is 0 Å². The molecule has 8 heteroatoms. The van der Waals surface area contributed by atoms with E-state index in [-0.39, 0.29) is 23.9 Å². The quantitative estimate of drug-likeness (QED) is 0.626. The number of morpholine rings is 1. The van der Waals surface area contributed by atoms with Crippen LogP contribution in [0.25, 0.3) is 0 Å². The second-order valence-electron chi connectivity index (χ2n) is 7.32. The highest BCUT2D eigenvalue weighted by Crippen LogP contribution is 2.25. The molecule has 1 N–H and O–H groups in total. The van der Waals surface area contributed by atoms with Crippen molar-refractivity contribution in [2.45, 2.75) is 45.3 Å². The van der Waals surface area contributed by atoms with Gasteiger partial charge in [-0.2, -0.15) is 4.98 Å². The van der Waals surface area contributed by atoms with E-state index in [9.17, 15) is 4.39 Å². The van der Waals surface area contributed by atoms with Crippen LogP contribution in [-0.4, -0.2) is 53.8 Å². The van der Waals surface area contributed by atoms with E-state index in [0.717, 1.165) is 23.9 Å². The van der Waals surface area contributed by atoms with Crippen LogP contribution in [0.1, 0.15) is 50.1 Å². The van der Waals surface area contributed by atoms with Crippen LogP contribution in [-0.2, 0) is 11.2 Å². The number of nitrogens with zero attached hydrogens (tertiary/aromatic N) is 4. The topological polar surface area (TPSA) is 75.8 Å². The molecule has 1 fully saturated rings. The van der Waals surface area contributed by atoms with Gasteiger partial charge in [0.15, 0.2) is 11.8 Å². The third kappa shape index (κ3) is 5.07. The van der Waals surface area contributed by atoms with Crippen molar-refractivity contribution in [2.75, 3.05) is 26.7 Å². The molecular formula is C20H28FN5O2. The molecule has 2 atom stereocenters. The van der Waals surface area contributed by atoms with Crippen molar-refractivity contribution in [1.29, 1.82) is 0 Å². The Labute approximate surface area is 165 Å². The first-order valence-electron chi connectivity index (χ1n) is 9.65. The molecule has 28 heavy (non-hydrogen) atoms. The van der Waals surface area contributed by atoms with Crippen molar-refractivity contribution in [3.63, 3.8) is 0 Å². The van der Waals surface area contributed by atoms with E-state index >= 15 is 0 Å². The largest absolute Gasteiger partial charge is 0.367 e. The Kier molecular flexibility index (Phi) is 6.61. The number of hydrogen-bond acceptors (Lipinski definition) is 5. The Morgan fingerprint density at radius 2 is 2.07 bits per heavy atom. The van der Waals surface area contributed by atoms with Gasteiger partial charge in [0.1, 0.15) is 11.9 Å². The fraction of sp³-hybridized carbons (Fsp3) is 0.550. The van der Waals surface area contributed by atoms with Crippen LogP contribution in [0.3, 0.4) is 0 Å². The first-order valence-corrected chi connectivity index (χ1v) is 9.65. The summed E-state index contributed by atoms with van der Waals surface area (Å²) in [6, 6.07) is 6.47. The van der Waals surface area contributed by atoms with E-state index in [1.54, 1.807) is 19.2 Å². The van der Waals surface area contributed by atoms with Crippen LogP contribution < -0.4 is 5.32 Å². The number of hydrogen-bond donors (Lipinski definition) is 1. The predicted octanol–water partition coefficient (Wildman–Crippen LogP) is 2.91. The van der Waals surface area contributed by atoms with Gasteiger partial charge < -0.3 is 19.5 Å². The Balaban J connectivity index is 1.58. The summed E-state index contributed by atoms with van der Waals surface area (Å²) in [6.07, 6.45) is 0.527. The van der Waals surface area contributed by atoms with E-state index in [0.29, 0.717) is 25.4 Å². The molecule has 0 saturated carbocycles. The average Bonchev–Trinajstić information content (AvgIpc) is 3.14. The minimum atomic E-state index is -0.247. The van der Waals surface area contributed by atoms with E-state index in [1.165, 1.54) is 12.1 Å². The molecule has 152 valence electrons. The standard InChI is InChI=1S/C20H28FN5O2/c1-13(2)19-24-18(28-25-19)9-10-23-20(22-4)26-11-14(3)27-17(12-26)15-5-7-16(21)8-6-15/h5-8,13-14,17H,9-12H2,1-4H3,(H,22,23). The molecule has 0 spiro atoms. The van der Waals surface area contributed by atoms with Gasteiger partial charge in [-0.1, -0.05) is 31.1 Å². The average molecular weight is 389 g/mol. The van der Waals surface area contributed by atoms with E-state index in [2.05, 4.69) is 25.3 Å². The number of benzene rings is 1. The number of nitrogens with one attached hydrogen (secondary N) is 1. The lowest BCUT2D eigenvalue weighted by atomic mass is 10.1. The summed E-state index contributed by atoms with van der Waals surface area (Å²) in [6.45, 7) is 8.11. The van der Waals surface area contributed by atoms with Crippen molar-refractivity contribution in [2.24, 2.45) is 4.99 Å².